The highest BCUT2D eigenvalue weighted by atomic mass is 19.1. The maximum absolute atomic E-state index is 13.3. The predicted molar refractivity (Wildman–Crippen MR) is 70.4 cm³/mol. The van der Waals surface area contributed by atoms with Crippen LogP contribution in [0.25, 0.3) is 0 Å². The molecule has 0 aromatic heterocycles. The summed E-state index contributed by atoms with van der Waals surface area (Å²) in [5.74, 6) is -0.0526. The fourth-order valence-corrected chi connectivity index (χ4v) is 1.68. The predicted octanol–water partition coefficient (Wildman–Crippen LogP) is 2.13. The van der Waals surface area contributed by atoms with E-state index in [0.29, 0.717) is 25.1 Å². The largest absolute Gasteiger partial charge is 0.352 e. The van der Waals surface area contributed by atoms with Crippen LogP contribution in [-0.4, -0.2) is 12.5 Å². The summed E-state index contributed by atoms with van der Waals surface area (Å²) < 4.78 is 13.3. The topological polar surface area (TPSA) is 55.1 Å². The summed E-state index contributed by atoms with van der Waals surface area (Å²) >= 11 is 0. The molecule has 0 saturated carbocycles. The number of carbonyl (C=O) groups excluding carboxylic acids is 1. The zero-order chi connectivity index (χ0) is 13.5. The highest BCUT2D eigenvalue weighted by Crippen LogP contribution is 2.09. The number of nitrogens with one attached hydrogen (secondary N) is 1. The van der Waals surface area contributed by atoms with E-state index >= 15 is 0 Å². The number of benzene rings is 1. The maximum Gasteiger partial charge on any atom is 0.220 e. The Labute approximate surface area is 108 Å². The van der Waals surface area contributed by atoms with Crippen molar-refractivity contribution in [2.75, 3.05) is 6.54 Å². The SMILES string of the molecule is CCC(CN)CC(=O)NCc1ccc(C)c(F)c1. The maximum atomic E-state index is 13.3. The number of rotatable bonds is 6. The summed E-state index contributed by atoms with van der Waals surface area (Å²) in [7, 11) is 0. The third-order valence-corrected chi connectivity index (χ3v) is 3.11. The van der Waals surface area contributed by atoms with E-state index in [2.05, 4.69) is 5.32 Å². The van der Waals surface area contributed by atoms with Crippen LogP contribution in [0.5, 0.6) is 0 Å². The lowest BCUT2D eigenvalue weighted by Crippen LogP contribution is -2.27. The van der Waals surface area contributed by atoms with E-state index in [1.165, 1.54) is 6.07 Å². The Bertz CT molecular complexity index is 403. The number of hydrogen-bond donors (Lipinski definition) is 2. The lowest BCUT2D eigenvalue weighted by molar-refractivity contribution is -0.122. The lowest BCUT2D eigenvalue weighted by Gasteiger charge is -2.12. The minimum Gasteiger partial charge on any atom is -0.352 e. The van der Waals surface area contributed by atoms with Gasteiger partial charge in [0.25, 0.3) is 0 Å². The first-order valence-corrected chi connectivity index (χ1v) is 6.28. The van der Waals surface area contributed by atoms with Crippen molar-refractivity contribution in [1.82, 2.24) is 5.32 Å². The quantitative estimate of drug-likeness (QED) is 0.815. The van der Waals surface area contributed by atoms with E-state index in [9.17, 15) is 9.18 Å². The third kappa shape index (κ3) is 4.45. The summed E-state index contributed by atoms with van der Waals surface area (Å²) in [6, 6.07) is 4.99. The summed E-state index contributed by atoms with van der Waals surface area (Å²) in [5, 5.41) is 2.78. The van der Waals surface area contributed by atoms with Crippen molar-refractivity contribution < 1.29 is 9.18 Å². The van der Waals surface area contributed by atoms with Crippen molar-refractivity contribution in [3.8, 4) is 0 Å². The van der Waals surface area contributed by atoms with Crippen molar-refractivity contribution in [3.63, 3.8) is 0 Å². The Kier molecular flexibility index (Phi) is 5.78. The van der Waals surface area contributed by atoms with Crippen LogP contribution in [0.1, 0.15) is 30.9 Å². The zero-order valence-electron chi connectivity index (χ0n) is 11.0. The zero-order valence-corrected chi connectivity index (χ0v) is 11.0. The monoisotopic (exact) mass is 252 g/mol. The average Bonchev–Trinajstić information content (AvgIpc) is 2.37. The highest BCUT2D eigenvalue weighted by Gasteiger charge is 2.10. The molecule has 0 bridgehead atoms. The van der Waals surface area contributed by atoms with Crippen LogP contribution in [-0.2, 0) is 11.3 Å². The standard InChI is InChI=1S/C14H21FN2O/c1-3-11(8-16)7-14(18)17-9-12-5-4-10(2)13(15)6-12/h4-6,11H,3,7-9,16H2,1-2H3,(H,17,18). The second-order valence-corrected chi connectivity index (χ2v) is 4.57. The van der Waals surface area contributed by atoms with Gasteiger partial charge in [0.1, 0.15) is 5.82 Å². The van der Waals surface area contributed by atoms with E-state index in [0.717, 1.165) is 12.0 Å². The van der Waals surface area contributed by atoms with E-state index in [-0.39, 0.29) is 17.6 Å². The van der Waals surface area contributed by atoms with Gasteiger partial charge in [-0.1, -0.05) is 25.5 Å². The summed E-state index contributed by atoms with van der Waals surface area (Å²) in [6.45, 7) is 4.60. The molecule has 1 rings (SSSR count). The van der Waals surface area contributed by atoms with Crippen molar-refractivity contribution >= 4 is 5.91 Å². The smallest absolute Gasteiger partial charge is 0.220 e. The molecule has 3 nitrogen and oxygen atoms in total. The Morgan fingerprint density at radius 1 is 1.50 bits per heavy atom. The number of amides is 1. The molecule has 1 amide bonds. The van der Waals surface area contributed by atoms with Gasteiger partial charge in [0, 0.05) is 13.0 Å². The van der Waals surface area contributed by atoms with Gasteiger partial charge >= 0.3 is 0 Å². The second kappa shape index (κ2) is 7.11. The van der Waals surface area contributed by atoms with Gasteiger partial charge in [0.2, 0.25) is 5.91 Å². The number of nitrogens with two attached hydrogens (primary N) is 1. The van der Waals surface area contributed by atoms with Gasteiger partial charge in [-0.25, -0.2) is 4.39 Å². The molecule has 0 fully saturated rings. The molecule has 100 valence electrons. The van der Waals surface area contributed by atoms with E-state index in [1.54, 1.807) is 13.0 Å². The minimum absolute atomic E-state index is 0.0340. The van der Waals surface area contributed by atoms with Gasteiger partial charge in [-0.2, -0.15) is 0 Å². The highest BCUT2D eigenvalue weighted by molar-refractivity contribution is 5.76. The molecule has 3 N–H and O–H groups in total. The van der Waals surface area contributed by atoms with Gasteiger partial charge < -0.3 is 11.1 Å². The number of carbonyl (C=O) groups is 1. The molecule has 4 heteroatoms. The number of aryl methyl sites for hydroxylation is 1. The van der Waals surface area contributed by atoms with Crippen molar-refractivity contribution in [1.29, 1.82) is 0 Å². The van der Waals surface area contributed by atoms with Crippen LogP contribution in [0.15, 0.2) is 18.2 Å². The first kappa shape index (κ1) is 14.6. The van der Waals surface area contributed by atoms with Crippen molar-refractivity contribution in [2.45, 2.75) is 33.2 Å². The second-order valence-electron chi connectivity index (χ2n) is 4.57. The molecule has 0 aliphatic rings. The molecule has 0 aliphatic heterocycles. The summed E-state index contributed by atoms with van der Waals surface area (Å²) in [6.07, 6.45) is 1.32. The van der Waals surface area contributed by atoms with Crippen LogP contribution >= 0.6 is 0 Å². The van der Waals surface area contributed by atoms with Crippen molar-refractivity contribution in [2.24, 2.45) is 11.7 Å². The Hall–Kier alpha value is -1.42. The Morgan fingerprint density at radius 3 is 2.78 bits per heavy atom. The third-order valence-electron chi connectivity index (χ3n) is 3.11. The molecular weight excluding hydrogens is 231 g/mol. The molecule has 18 heavy (non-hydrogen) atoms. The first-order chi connectivity index (χ1) is 8.56. The van der Waals surface area contributed by atoms with Crippen LogP contribution in [0.4, 0.5) is 4.39 Å². The molecule has 0 saturated heterocycles. The molecule has 1 atom stereocenters. The Morgan fingerprint density at radius 2 is 2.22 bits per heavy atom. The molecule has 0 heterocycles. The fourth-order valence-electron chi connectivity index (χ4n) is 1.68. The van der Waals surface area contributed by atoms with Gasteiger partial charge in [0.05, 0.1) is 0 Å². The number of halogens is 1. The van der Waals surface area contributed by atoms with Crippen LogP contribution < -0.4 is 11.1 Å². The van der Waals surface area contributed by atoms with E-state index < -0.39 is 0 Å². The minimum atomic E-state index is -0.241. The van der Waals surface area contributed by atoms with Gasteiger partial charge in [-0.05, 0) is 36.6 Å². The molecule has 0 aliphatic carbocycles. The van der Waals surface area contributed by atoms with Gasteiger partial charge in [0.15, 0.2) is 0 Å². The van der Waals surface area contributed by atoms with Crippen molar-refractivity contribution in [3.05, 3.63) is 35.1 Å². The van der Waals surface area contributed by atoms with E-state index in [4.69, 9.17) is 5.73 Å². The summed E-state index contributed by atoms with van der Waals surface area (Å²) in [4.78, 5) is 11.6. The number of hydrogen-bond acceptors (Lipinski definition) is 2. The molecule has 1 aromatic carbocycles. The normalized spacial score (nSPS) is 12.2. The van der Waals surface area contributed by atoms with Gasteiger partial charge in [-0.3, -0.25) is 4.79 Å². The molecule has 1 unspecified atom stereocenters. The fraction of sp³-hybridized carbons (Fsp3) is 0.500. The van der Waals surface area contributed by atoms with Crippen LogP contribution in [0.3, 0.4) is 0 Å². The summed E-state index contributed by atoms with van der Waals surface area (Å²) in [5.41, 5.74) is 6.93. The average molecular weight is 252 g/mol. The van der Waals surface area contributed by atoms with E-state index in [1.807, 2.05) is 13.0 Å². The molecule has 1 aromatic rings. The van der Waals surface area contributed by atoms with Gasteiger partial charge in [-0.15, -0.1) is 0 Å². The van der Waals surface area contributed by atoms with Crippen LogP contribution in [0.2, 0.25) is 0 Å². The molecule has 0 radical (unpaired) electrons. The molecule has 0 spiro atoms. The molecular formula is C14H21FN2O. The first-order valence-electron chi connectivity index (χ1n) is 6.28. The lowest BCUT2D eigenvalue weighted by atomic mass is 10.0. The Balaban J connectivity index is 2.44. The van der Waals surface area contributed by atoms with Crippen LogP contribution in [0, 0.1) is 18.7 Å².